The molecule has 0 bridgehead atoms. The van der Waals surface area contributed by atoms with Gasteiger partial charge in [-0.1, -0.05) is 54.6 Å². The van der Waals surface area contributed by atoms with Gasteiger partial charge in [-0.25, -0.2) is 0 Å². The molecule has 33 heavy (non-hydrogen) atoms. The van der Waals surface area contributed by atoms with Crippen molar-refractivity contribution in [1.82, 2.24) is 4.57 Å². The van der Waals surface area contributed by atoms with Crippen molar-refractivity contribution in [2.45, 2.75) is 12.5 Å². The van der Waals surface area contributed by atoms with Gasteiger partial charge in [0.2, 0.25) is 0 Å². The molecule has 0 saturated carbocycles. The number of aromatic hydroxyl groups is 1. The maximum atomic E-state index is 12.9. The number of ketones is 1. The fourth-order valence-corrected chi connectivity index (χ4v) is 3.89. The van der Waals surface area contributed by atoms with Crippen LogP contribution in [0.25, 0.3) is 10.9 Å². The number of allylic oxidation sites excluding steroid dienone is 1. The van der Waals surface area contributed by atoms with E-state index in [9.17, 15) is 14.7 Å². The van der Waals surface area contributed by atoms with E-state index < -0.39 is 11.3 Å². The van der Waals surface area contributed by atoms with Crippen LogP contribution < -0.4 is 16.6 Å². The van der Waals surface area contributed by atoms with Crippen LogP contribution in [0, 0.1) is 0 Å². The molecular weight excluding hydrogens is 414 g/mol. The van der Waals surface area contributed by atoms with Crippen LogP contribution in [-0.2, 0) is 7.05 Å². The number of benzene rings is 3. The summed E-state index contributed by atoms with van der Waals surface area (Å²) in [6.07, 6.45) is 3.55. The highest BCUT2D eigenvalue weighted by molar-refractivity contribution is 6.09. The molecular formula is C27H25N3O3. The molecule has 166 valence electrons. The predicted molar refractivity (Wildman–Crippen MR) is 133 cm³/mol. The number of hydrogen-bond acceptors (Lipinski definition) is 5. The lowest BCUT2D eigenvalue weighted by Gasteiger charge is -2.19. The average Bonchev–Trinajstić information content (AvgIpc) is 2.83. The van der Waals surface area contributed by atoms with Gasteiger partial charge in [0.1, 0.15) is 11.3 Å². The number of fused-ring (bicyclic) bond motifs is 1. The molecule has 0 fully saturated rings. The average molecular weight is 440 g/mol. The first-order valence-corrected chi connectivity index (χ1v) is 10.6. The normalized spacial score (nSPS) is 12.2. The number of hydrogen-bond donors (Lipinski definition) is 3. The number of pyridine rings is 1. The summed E-state index contributed by atoms with van der Waals surface area (Å²) >= 11 is 0. The molecule has 0 unspecified atom stereocenters. The van der Waals surface area contributed by atoms with Crippen molar-refractivity contribution in [2.75, 3.05) is 11.1 Å². The van der Waals surface area contributed by atoms with Gasteiger partial charge >= 0.3 is 0 Å². The first-order chi connectivity index (χ1) is 16.0. The zero-order valence-corrected chi connectivity index (χ0v) is 18.2. The molecule has 0 aliphatic heterocycles. The minimum Gasteiger partial charge on any atom is -0.506 e. The standard InChI is InChI=1S/C27H25N3O3/c1-30-23-15-6-5-13-21(23)26(32)25(27(30)33)24(31)16-8-14-22(18-9-3-2-4-10-18)29-20-12-7-11-19(28)17-20/h2-13,15-17,22,29,32H,14,28H2,1H3/t22-/m1/s1. The van der Waals surface area contributed by atoms with Crippen LogP contribution in [0.2, 0.25) is 0 Å². The number of nitrogens with zero attached hydrogens (tertiary/aromatic N) is 1. The third kappa shape index (κ3) is 4.65. The zero-order chi connectivity index (χ0) is 23.4. The summed E-state index contributed by atoms with van der Waals surface area (Å²) in [5.74, 6) is -0.824. The van der Waals surface area contributed by atoms with Crippen LogP contribution in [0.5, 0.6) is 5.75 Å². The highest BCUT2D eigenvalue weighted by Crippen LogP contribution is 2.27. The van der Waals surface area contributed by atoms with Gasteiger partial charge in [0.05, 0.1) is 11.6 Å². The molecule has 0 saturated heterocycles. The first-order valence-electron chi connectivity index (χ1n) is 10.6. The van der Waals surface area contributed by atoms with Crippen molar-refractivity contribution < 1.29 is 9.90 Å². The van der Waals surface area contributed by atoms with Crippen LogP contribution in [-0.4, -0.2) is 15.5 Å². The SMILES string of the molecule is Cn1c(=O)c(C(=O)C=CC[C@@H](Nc2cccc(N)c2)c2ccccc2)c(O)c2ccccc21. The predicted octanol–water partition coefficient (Wildman–Crippen LogP) is 4.81. The van der Waals surface area contributed by atoms with Crippen molar-refractivity contribution >= 4 is 28.1 Å². The van der Waals surface area contributed by atoms with Crippen LogP contribution >= 0.6 is 0 Å². The third-order valence-electron chi connectivity index (χ3n) is 5.59. The molecule has 0 radical (unpaired) electrons. The number of nitrogens with one attached hydrogen (secondary N) is 1. The Balaban J connectivity index is 1.61. The summed E-state index contributed by atoms with van der Waals surface area (Å²) in [5, 5.41) is 14.5. The van der Waals surface area contributed by atoms with Gasteiger partial charge in [-0.2, -0.15) is 0 Å². The van der Waals surface area contributed by atoms with Gasteiger partial charge < -0.3 is 20.7 Å². The summed E-state index contributed by atoms with van der Waals surface area (Å²) in [6.45, 7) is 0. The topological polar surface area (TPSA) is 97.4 Å². The van der Waals surface area contributed by atoms with Crippen LogP contribution in [0.4, 0.5) is 11.4 Å². The fraction of sp³-hybridized carbons (Fsp3) is 0.111. The zero-order valence-electron chi connectivity index (χ0n) is 18.2. The summed E-state index contributed by atoms with van der Waals surface area (Å²) in [7, 11) is 1.59. The number of carbonyl (C=O) groups is 1. The Bertz CT molecular complexity index is 1390. The number of para-hydroxylation sites is 1. The number of nitrogen functional groups attached to an aromatic ring is 1. The van der Waals surface area contributed by atoms with Gasteiger partial charge in [-0.15, -0.1) is 0 Å². The maximum absolute atomic E-state index is 12.9. The molecule has 6 nitrogen and oxygen atoms in total. The van der Waals surface area contributed by atoms with E-state index >= 15 is 0 Å². The molecule has 1 heterocycles. The molecule has 0 spiro atoms. The second kappa shape index (κ2) is 9.44. The van der Waals surface area contributed by atoms with Crippen molar-refractivity contribution in [3.63, 3.8) is 0 Å². The number of rotatable bonds is 7. The van der Waals surface area contributed by atoms with Crippen molar-refractivity contribution in [1.29, 1.82) is 0 Å². The summed E-state index contributed by atoms with van der Waals surface area (Å²) < 4.78 is 1.38. The van der Waals surface area contributed by atoms with E-state index in [1.807, 2.05) is 54.6 Å². The van der Waals surface area contributed by atoms with Crippen molar-refractivity contribution in [2.24, 2.45) is 7.05 Å². The van der Waals surface area contributed by atoms with Crippen molar-refractivity contribution in [3.05, 3.63) is 112 Å². The number of anilines is 2. The quantitative estimate of drug-likeness (QED) is 0.218. The first kappa shape index (κ1) is 21.9. The Labute approximate surface area is 191 Å². The lowest BCUT2D eigenvalue weighted by molar-refractivity contribution is 0.104. The minimum atomic E-state index is -0.533. The maximum Gasteiger partial charge on any atom is 0.265 e. The van der Waals surface area contributed by atoms with E-state index in [0.717, 1.165) is 11.3 Å². The van der Waals surface area contributed by atoms with E-state index in [0.29, 0.717) is 23.0 Å². The molecule has 4 N–H and O–H groups in total. The van der Waals surface area contributed by atoms with E-state index in [2.05, 4.69) is 5.32 Å². The van der Waals surface area contributed by atoms with E-state index in [-0.39, 0.29) is 17.4 Å². The molecule has 4 aromatic rings. The second-order valence-corrected chi connectivity index (χ2v) is 7.84. The number of aryl methyl sites for hydroxylation is 1. The highest BCUT2D eigenvalue weighted by atomic mass is 16.3. The molecule has 1 atom stereocenters. The lowest BCUT2D eigenvalue weighted by Crippen LogP contribution is -2.24. The molecule has 3 aromatic carbocycles. The molecule has 1 aromatic heterocycles. The van der Waals surface area contributed by atoms with Gasteiger partial charge in [0.15, 0.2) is 5.78 Å². The highest BCUT2D eigenvalue weighted by Gasteiger charge is 2.19. The Hall–Kier alpha value is -4.32. The van der Waals surface area contributed by atoms with Gasteiger partial charge in [0.25, 0.3) is 5.56 Å². The summed E-state index contributed by atoms with van der Waals surface area (Å²) in [6, 6.07) is 24.2. The monoisotopic (exact) mass is 439 g/mol. The van der Waals surface area contributed by atoms with Gasteiger partial charge in [-0.3, -0.25) is 9.59 Å². The largest absolute Gasteiger partial charge is 0.506 e. The Morgan fingerprint density at radius 1 is 1.06 bits per heavy atom. The molecule has 0 aliphatic carbocycles. The Kier molecular flexibility index (Phi) is 6.26. The van der Waals surface area contributed by atoms with Crippen LogP contribution in [0.3, 0.4) is 0 Å². The van der Waals surface area contributed by atoms with Gasteiger partial charge in [0, 0.05) is 23.8 Å². The smallest absolute Gasteiger partial charge is 0.265 e. The molecule has 0 amide bonds. The van der Waals surface area contributed by atoms with Gasteiger partial charge in [-0.05, 0) is 48.4 Å². The van der Waals surface area contributed by atoms with E-state index in [1.54, 1.807) is 37.4 Å². The van der Waals surface area contributed by atoms with Crippen molar-refractivity contribution in [3.8, 4) is 5.75 Å². The minimum absolute atomic E-state index is 0.120. The molecule has 0 aliphatic rings. The van der Waals surface area contributed by atoms with Crippen LogP contribution in [0.1, 0.15) is 28.4 Å². The summed E-state index contributed by atoms with van der Waals surface area (Å²) in [4.78, 5) is 25.7. The Morgan fingerprint density at radius 2 is 1.79 bits per heavy atom. The number of nitrogens with two attached hydrogens (primary N) is 1. The third-order valence-corrected chi connectivity index (χ3v) is 5.59. The Morgan fingerprint density at radius 3 is 2.55 bits per heavy atom. The lowest BCUT2D eigenvalue weighted by atomic mass is 10.0. The fourth-order valence-electron chi connectivity index (χ4n) is 3.89. The van der Waals surface area contributed by atoms with E-state index in [4.69, 9.17) is 5.73 Å². The van der Waals surface area contributed by atoms with Crippen LogP contribution in [0.15, 0.2) is 95.8 Å². The molecule has 4 rings (SSSR count). The summed E-state index contributed by atoms with van der Waals surface area (Å²) in [5.41, 5.74) is 8.27. The van der Waals surface area contributed by atoms with E-state index in [1.165, 1.54) is 10.6 Å². The number of aromatic nitrogens is 1. The number of carbonyl (C=O) groups excluding carboxylic acids is 1. The second-order valence-electron chi connectivity index (χ2n) is 7.84. The molecule has 6 heteroatoms.